The Labute approximate surface area is 121 Å². The number of carbonyl (C=O) groups is 1. The number of sulfonamides is 1. The summed E-state index contributed by atoms with van der Waals surface area (Å²) in [5.41, 5.74) is 0.487. The van der Waals surface area contributed by atoms with E-state index in [1.807, 2.05) is 0 Å². The van der Waals surface area contributed by atoms with Gasteiger partial charge in [-0.25, -0.2) is 17.8 Å². The van der Waals surface area contributed by atoms with Crippen molar-refractivity contribution in [3.05, 3.63) is 48.4 Å². The third-order valence-corrected chi connectivity index (χ3v) is 3.82. The number of nitrogens with zero attached hydrogens (tertiary/aromatic N) is 1. The van der Waals surface area contributed by atoms with E-state index in [1.165, 1.54) is 37.3 Å². The molecule has 0 aliphatic carbocycles. The highest BCUT2D eigenvalue weighted by atomic mass is 32.2. The molecule has 0 unspecified atom stereocenters. The molecule has 2 N–H and O–H groups in total. The smallest absolute Gasteiger partial charge is 0.263 e. The van der Waals surface area contributed by atoms with Gasteiger partial charge in [-0.15, -0.1) is 0 Å². The van der Waals surface area contributed by atoms with Crippen molar-refractivity contribution in [1.82, 2.24) is 4.98 Å². The van der Waals surface area contributed by atoms with E-state index in [0.29, 0.717) is 5.69 Å². The highest BCUT2D eigenvalue weighted by molar-refractivity contribution is 7.92. The summed E-state index contributed by atoms with van der Waals surface area (Å²) in [4.78, 5) is 14.5. The van der Waals surface area contributed by atoms with Gasteiger partial charge in [0.2, 0.25) is 5.91 Å². The van der Waals surface area contributed by atoms with E-state index in [-0.39, 0.29) is 16.6 Å². The molecule has 0 saturated carbocycles. The molecule has 1 amide bonds. The van der Waals surface area contributed by atoms with Crippen LogP contribution in [0.25, 0.3) is 0 Å². The topological polar surface area (TPSA) is 88.2 Å². The third-order valence-electron chi connectivity index (χ3n) is 2.45. The molecule has 1 heterocycles. The monoisotopic (exact) mass is 309 g/mol. The van der Waals surface area contributed by atoms with Crippen molar-refractivity contribution in [2.24, 2.45) is 0 Å². The van der Waals surface area contributed by atoms with Crippen LogP contribution in [0.4, 0.5) is 15.9 Å². The molecule has 8 heteroatoms. The Morgan fingerprint density at radius 3 is 2.33 bits per heavy atom. The molecular weight excluding hydrogens is 297 g/mol. The number of nitrogens with one attached hydrogen (secondary N) is 2. The van der Waals surface area contributed by atoms with Gasteiger partial charge in [0.25, 0.3) is 10.0 Å². The molecule has 6 nitrogen and oxygen atoms in total. The molecule has 0 spiro atoms. The Morgan fingerprint density at radius 1 is 1.14 bits per heavy atom. The zero-order valence-electron chi connectivity index (χ0n) is 11.0. The maximum absolute atomic E-state index is 12.7. The number of rotatable bonds is 4. The lowest BCUT2D eigenvalue weighted by atomic mass is 10.3. The fourth-order valence-corrected chi connectivity index (χ4v) is 2.56. The molecular formula is C13H12FN3O3S. The molecule has 1 aromatic heterocycles. The summed E-state index contributed by atoms with van der Waals surface area (Å²) in [6.45, 7) is 1.35. The SMILES string of the molecule is CC(=O)Nc1ccc(S(=O)(=O)Nc2ccc(F)cn2)cc1. The minimum Gasteiger partial charge on any atom is -0.326 e. The van der Waals surface area contributed by atoms with Crippen LogP contribution < -0.4 is 10.0 Å². The second-order valence-electron chi connectivity index (χ2n) is 4.17. The van der Waals surface area contributed by atoms with E-state index in [2.05, 4.69) is 15.0 Å². The van der Waals surface area contributed by atoms with E-state index in [4.69, 9.17) is 0 Å². The Kier molecular flexibility index (Phi) is 4.18. The number of anilines is 2. The lowest BCUT2D eigenvalue weighted by Crippen LogP contribution is -2.14. The van der Waals surface area contributed by atoms with Crippen molar-refractivity contribution in [3.63, 3.8) is 0 Å². The minimum atomic E-state index is -3.82. The number of carbonyl (C=O) groups excluding carboxylic acids is 1. The van der Waals surface area contributed by atoms with Gasteiger partial charge in [-0.1, -0.05) is 0 Å². The molecule has 0 radical (unpaired) electrons. The van der Waals surface area contributed by atoms with Crippen LogP contribution in [-0.4, -0.2) is 19.3 Å². The number of benzene rings is 1. The number of amides is 1. The van der Waals surface area contributed by atoms with Gasteiger partial charge >= 0.3 is 0 Å². The highest BCUT2D eigenvalue weighted by Gasteiger charge is 2.14. The van der Waals surface area contributed by atoms with Crippen LogP contribution >= 0.6 is 0 Å². The standard InChI is InChI=1S/C13H12FN3O3S/c1-9(18)16-11-3-5-12(6-4-11)21(19,20)17-13-7-2-10(14)8-15-13/h2-8H,1H3,(H,15,17)(H,16,18). The van der Waals surface area contributed by atoms with E-state index < -0.39 is 15.8 Å². The van der Waals surface area contributed by atoms with Crippen LogP contribution in [0.5, 0.6) is 0 Å². The molecule has 21 heavy (non-hydrogen) atoms. The maximum Gasteiger partial charge on any atom is 0.263 e. The average Bonchev–Trinajstić information content (AvgIpc) is 2.41. The first-order chi connectivity index (χ1) is 9.87. The molecule has 0 bridgehead atoms. The van der Waals surface area contributed by atoms with Crippen LogP contribution in [0, 0.1) is 5.82 Å². The van der Waals surface area contributed by atoms with Gasteiger partial charge in [-0.3, -0.25) is 9.52 Å². The number of hydrogen-bond donors (Lipinski definition) is 2. The molecule has 0 aliphatic heterocycles. The van der Waals surface area contributed by atoms with Crippen molar-refractivity contribution in [1.29, 1.82) is 0 Å². The zero-order valence-corrected chi connectivity index (χ0v) is 11.8. The first-order valence-corrected chi connectivity index (χ1v) is 7.37. The van der Waals surface area contributed by atoms with E-state index in [9.17, 15) is 17.6 Å². The highest BCUT2D eigenvalue weighted by Crippen LogP contribution is 2.17. The summed E-state index contributed by atoms with van der Waals surface area (Å²) in [7, 11) is -3.82. The summed E-state index contributed by atoms with van der Waals surface area (Å²) < 4.78 is 39.1. The van der Waals surface area contributed by atoms with Gasteiger partial charge in [-0.05, 0) is 36.4 Å². The summed E-state index contributed by atoms with van der Waals surface area (Å²) in [6.07, 6.45) is 0.914. The van der Waals surface area contributed by atoms with Crippen molar-refractivity contribution in [2.75, 3.05) is 10.0 Å². The van der Waals surface area contributed by atoms with Crippen LogP contribution in [0.1, 0.15) is 6.92 Å². The predicted octanol–water partition coefficient (Wildman–Crippen LogP) is 1.98. The molecule has 0 atom stereocenters. The summed E-state index contributed by atoms with van der Waals surface area (Å²) in [6, 6.07) is 7.94. The number of aromatic nitrogens is 1. The minimum absolute atomic E-state index is 0.00253. The van der Waals surface area contributed by atoms with Gasteiger partial charge in [-0.2, -0.15) is 0 Å². The normalized spacial score (nSPS) is 11.0. The van der Waals surface area contributed by atoms with Crippen molar-refractivity contribution in [2.45, 2.75) is 11.8 Å². The molecule has 0 fully saturated rings. The zero-order chi connectivity index (χ0) is 15.5. The fourth-order valence-electron chi connectivity index (χ4n) is 1.55. The van der Waals surface area contributed by atoms with E-state index >= 15 is 0 Å². The van der Waals surface area contributed by atoms with Crippen molar-refractivity contribution in [3.8, 4) is 0 Å². The molecule has 1 aromatic carbocycles. The summed E-state index contributed by atoms with van der Waals surface area (Å²) >= 11 is 0. The van der Waals surface area contributed by atoms with Gasteiger partial charge in [0.05, 0.1) is 11.1 Å². The van der Waals surface area contributed by atoms with Gasteiger partial charge in [0, 0.05) is 12.6 Å². The number of halogens is 1. The Bertz CT molecular complexity index is 743. The molecule has 0 aliphatic rings. The molecule has 2 aromatic rings. The first kappa shape index (κ1) is 14.9. The largest absolute Gasteiger partial charge is 0.326 e. The van der Waals surface area contributed by atoms with Crippen molar-refractivity contribution >= 4 is 27.4 Å². The summed E-state index contributed by atoms with van der Waals surface area (Å²) in [5.74, 6) is -0.792. The van der Waals surface area contributed by atoms with Crippen LogP contribution in [-0.2, 0) is 14.8 Å². The maximum atomic E-state index is 12.7. The lowest BCUT2D eigenvalue weighted by Gasteiger charge is -2.08. The summed E-state index contributed by atoms with van der Waals surface area (Å²) in [5, 5.41) is 2.53. The fraction of sp³-hybridized carbons (Fsp3) is 0.0769. The molecule has 0 saturated heterocycles. The van der Waals surface area contributed by atoms with Crippen LogP contribution in [0.3, 0.4) is 0 Å². The van der Waals surface area contributed by atoms with Gasteiger partial charge < -0.3 is 5.32 Å². The Balaban J connectivity index is 2.19. The number of hydrogen-bond acceptors (Lipinski definition) is 4. The molecule has 110 valence electrons. The van der Waals surface area contributed by atoms with Gasteiger partial charge in [0.15, 0.2) is 0 Å². The first-order valence-electron chi connectivity index (χ1n) is 5.89. The second kappa shape index (κ2) is 5.88. The molecule has 2 rings (SSSR count). The second-order valence-corrected chi connectivity index (χ2v) is 5.86. The van der Waals surface area contributed by atoms with Crippen molar-refractivity contribution < 1.29 is 17.6 Å². The van der Waals surface area contributed by atoms with Gasteiger partial charge in [0.1, 0.15) is 11.6 Å². The van der Waals surface area contributed by atoms with Crippen LogP contribution in [0.2, 0.25) is 0 Å². The Morgan fingerprint density at radius 2 is 1.81 bits per heavy atom. The quantitative estimate of drug-likeness (QED) is 0.904. The third kappa shape index (κ3) is 3.99. The number of pyridine rings is 1. The van der Waals surface area contributed by atoms with Crippen LogP contribution in [0.15, 0.2) is 47.5 Å². The Hall–Kier alpha value is -2.48. The average molecular weight is 309 g/mol. The van der Waals surface area contributed by atoms with E-state index in [0.717, 1.165) is 12.3 Å². The lowest BCUT2D eigenvalue weighted by molar-refractivity contribution is -0.114. The van der Waals surface area contributed by atoms with E-state index in [1.54, 1.807) is 0 Å². The predicted molar refractivity (Wildman–Crippen MR) is 75.7 cm³/mol.